The molecular weight excluding hydrogens is 380 g/mol. The number of benzene rings is 1. The first-order chi connectivity index (χ1) is 14.3. The molecule has 0 fully saturated rings. The summed E-state index contributed by atoms with van der Waals surface area (Å²) in [6.07, 6.45) is 10.9. The summed E-state index contributed by atoms with van der Waals surface area (Å²) in [6.45, 7) is 9.98. The third kappa shape index (κ3) is 3.63. The minimum absolute atomic E-state index is 0.0649. The van der Waals surface area contributed by atoms with Crippen molar-refractivity contribution in [2.75, 3.05) is 13.2 Å². The van der Waals surface area contributed by atoms with E-state index < -0.39 is 0 Å². The Balaban J connectivity index is 1.75. The first-order valence-corrected chi connectivity index (χ1v) is 9.98. The molecule has 4 rings (SSSR count). The Labute approximate surface area is 176 Å². The normalized spacial score (nSPS) is 21.7. The lowest BCUT2D eigenvalue weighted by molar-refractivity contribution is 0.158. The smallest absolute Gasteiger partial charge is 0.158 e. The standard InChI is InChI=1S/C25H26O5/c1-5-10-28-22-13-19(20(26)11-15(2)23(22)27)17-12-16-6-7-21-18(24(16)29-14-17)8-9-25(3,4)30-21/h5-9,11-13,15,26-27H,1,10,14H2,2-4H3. The average Bonchev–Trinajstić information content (AvgIpc) is 2.81. The second-order valence-corrected chi connectivity index (χ2v) is 8.14. The van der Waals surface area contributed by atoms with Gasteiger partial charge in [0.25, 0.3) is 0 Å². The van der Waals surface area contributed by atoms with E-state index >= 15 is 0 Å². The van der Waals surface area contributed by atoms with Gasteiger partial charge in [-0.1, -0.05) is 19.6 Å². The zero-order valence-corrected chi connectivity index (χ0v) is 17.4. The summed E-state index contributed by atoms with van der Waals surface area (Å²) in [5.41, 5.74) is 2.81. The maximum Gasteiger partial charge on any atom is 0.158 e. The number of allylic oxidation sites excluding steroid dienone is 3. The van der Waals surface area contributed by atoms with E-state index in [4.69, 9.17) is 14.2 Å². The van der Waals surface area contributed by atoms with Gasteiger partial charge in [0.2, 0.25) is 0 Å². The number of hydrogen-bond acceptors (Lipinski definition) is 5. The van der Waals surface area contributed by atoms with Gasteiger partial charge in [-0.3, -0.25) is 0 Å². The lowest BCUT2D eigenvalue weighted by atomic mass is 9.95. The molecule has 1 unspecified atom stereocenters. The number of aliphatic hydroxyl groups is 2. The van der Waals surface area contributed by atoms with E-state index in [-0.39, 0.29) is 36.3 Å². The second-order valence-electron chi connectivity index (χ2n) is 8.14. The molecule has 0 saturated heterocycles. The highest BCUT2D eigenvalue weighted by Crippen LogP contribution is 2.43. The van der Waals surface area contributed by atoms with Gasteiger partial charge in [0.1, 0.15) is 41.8 Å². The maximum atomic E-state index is 10.7. The largest absolute Gasteiger partial charge is 0.508 e. The van der Waals surface area contributed by atoms with Crippen molar-refractivity contribution in [3.8, 4) is 11.5 Å². The van der Waals surface area contributed by atoms with Crippen molar-refractivity contribution in [2.24, 2.45) is 5.92 Å². The number of aliphatic hydroxyl groups excluding tert-OH is 2. The van der Waals surface area contributed by atoms with Gasteiger partial charge in [0, 0.05) is 22.6 Å². The van der Waals surface area contributed by atoms with Crippen LogP contribution in [0.2, 0.25) is 0 Å². The molecule has 1 aromatic carbocycles. The quantitative estimate of drug-likeness (QED) is 0.634. The van der Waals surface area contributed by atoms with Crippen LogP contribution in [-0.4, -0.2) is 29.0 Å². The minimum Gasteiger partial charge on any atom is -0.508 e. The van der Waals surface area contributed by atoms with Gasteiger partial charge in [-0.15, -0.1) is 0 Å². The molecule has 5 heteroatoms. The highest BCUT2D eigenvalue weighted by atomic mass is 16.5. The molecule has 5 nitrogen and oxygen atoms in total. The van der Waals surface area contributed by atoms with Crippen LogP contribution in [0.25, 0.3) is 12.2 Å². The van der Waals surface area contributed by atoms with E-state index in [1.54, 1.807) is 25.2 Å². The fraction of sp³-hybridized carbons (Fsp3) is 0.280. The molecule has 0 spiro atoms. The van der Waals surface area contributed by atoms with Gasteiger partial charge in [0.05, 0.1) is 5.56 Å². The molecule has 0 amide bonds. The summed E-state index contributed by atoms with van der Waals surface area (Å²) in [5.74, 6) is 1.62. The Morgan fingerprint density at radius 1 is 1.27 bits per heavy atom. The molecule has 0 aromatic heterocycles. The van der Waals surface area contributed by atoms with Crippen molar-refractivity contribution < 1.29 is 24.4 Å². The summed E-state index contributed by atoms with van der Waals surface area (Å²) >= 11 is 0. The van der Waals surface area contributed by atoms with E-state index in [0.29, 0.717) is 11.3 Å². The molecule has 2 N–H and O–H groups in total. The molecule has 30 heavy (non-hydrogen) atoms. The average molecular weight is 406 g/mol. The molecule has 1 aromatic rings. The van der Waals surface area contributed by atoms with E-state index in [1.807, 2.05) is 44.2 Å². The van der Waals surface area contributed by atoms with Crippen molar-refractivity contribution in [3.05, 3.63) is 82.6 Å². The number of hydrogen-bond donors (Lipinski definition) is 2. The third-order valence-corrected chi connectivity index (χ3v) is 5.26. The fourth-order valence-electron chi connectivity index (χ4n) is 3.69. The minimum atomic E-state index is -0.381. The van der Waals surface area contributed by atoms with Gasteiger partial charge in [-0.25, -0.2) is 0 Å². The van der Waals surface area contributed by atoms with Crippen molar-refractivity contribution in [1.82, 2.24) is 0 Å². The fourth-order valence-corrected chi connectivity index (χ4v) is 3.69. The van der Waals surface area contributed by atoms with E-state index in [9.17, 15) is 10.2 Å². The second kappa shape index (κ2) is 7.48. The van der Waals surface area contributed by atoms with E-state index in [0.717, 1.165) is 28.2 Å². The SMILES string of the molecule is C=CCOC1=C(O)C(C)C=C(O)C(C2=Cc3ccc4c(c3OC2)C=CC(C)(C)O4)=C1. The zero-order chi connectivity index (χ0) is 21.5. The summed E-state index contributed by atoms with van der Waals surface area (Å²) < 4.78 is 17.8. The lowest BCUT2D eigenvalue weighted by Crippen LogP contribution is -2.27. The van der Waals surface area contributed by atoms with Gasteiger partial charge < -0.3 is 24.4 Å². The molecule has 3 aliphatic rings. The highest BCUT2D eigenvalue weighted by molar-refractivity contribution is 5.77. The van der Waals surface area contributed by atoms with Gasteiger partial charge in [-0.05, 0) is 56.4 Å². The Bertz CT molecular complexity index is 1050. The number of ether oxygens (including phenoxy) is 3. The van der Waals surface area contributed by atoms with Crippen molar-refractivity contribution in [1.29, 1.82) is 0 Å². The van der Waals surface area contributed by atoms with Crippen LogP contribution in [0.15, 0.2) is 71.4 Å². The summed E-state index contributed by atoms with van der Waals surface area (Å²) in [5, 5.41) is 21.1. The Kier molecular flexibility index (Phi) is 4.98. The number of rotatable bonds is 4. The Hall–Kier alpha value is -3.34. The summed E-state index contributed by atoms with van der Waals surface area (Å²) in [4.78, 5) is 0. The number of fused-ring (bicyclic) bond motifs is 3. The molecule has 1 atom stereocenters. The van der Waals surface area contributed by atoms with Crippen LogP contribution >= 0.6 is 0 Å². The topological polar surface area (TPSA) is 68.2 Å². The molecular formula is C25H26O5. The van der Waals surface area contributed by atoms with Crippen LogP contribution in [0, 0.1) is 5.92 Å². The van der Waals surface area contributed by atoms with Gasteiger partial charge >= 0.3 is 0 Å². The van der Waals surface area contributed by atoms with Crippen LogP contribution in [0.4, 0.5) is 0 Å². The molecule has 2 aliphatic heterocycles. The van der Waals surface area contributed by atoms with E-state index in [1.165, 1.54) is 0 Å². The first kappa shape index (κ1) is 20.0. The molecule has 2 heterocycles. The molecule has 0 radical (unpaired) electrons. The molecule has 0 bridgehead atoms. The van der Waals surface area contributed by atoms with Crippen LogP contribution < -0.4 is 9.47 Å². The maximum absolute atomic E-state index is 10.7. The van der Waals surface area contributed by atoms with E-state index in [2.05, 4.69) is 6.58 Å². The predicted molar refractivity (Wildman–Crippen MR) is 117 cm³/mol. The monoisotopic (exact) mass is 406 g/mol. The van der Waals surface area contributed by atoms with Crippen LogP contribution in [0.1, 0.15) is 31.9 Å². The third-order valence-electron chi connectivity index (χ3n) is 5.26. The van der Waals surface area contributed by atoms with Crippen molar-refractivity contribution >= 4 is 12.2 Å². The van der Waals surface area contributed by atoms with Crippen molar-refractivity contribution in [2.45, 2.75) is 26.4 Å². The Morgan fingerprint density at radius 2 is 2.07 bits per heavy atom. The van der Waals surface area contributed by atoms with Crippen molar-refractivity contribution in [3.63, 3.8) is 0 Å². The lowest BCUT2D eigenvalue weighted by Gasteiger charge is -2.30. The van der Waals surface area contributed by atoms with Gasteiger partial charge in [-0.2, -0.15) is 0 Å². The summed E-state index contributed by atoms with van der Waals surface area (Å²) in [7, 11) is 0. The molecule has 0 saturated carbocycles. The molecule has 156 valence electrons. The zero-order valence-electron chi connectivity index (χ0n) is 17.4. The van der Waals surface area contributed by atoms with Crippen LogP contribution in [-0.2, 0) is 4.74 Å². The van der Waals surface area contributed by atoms with Crippen LogP contribution in [0.3, 0.4) is 0 Å². The Morgan fingerprint density at radius 3 is 2.83 bits per heavy atom. The van der Waals surface area contributed by atoms with Gasteiger partial charge in [0.15, 0.2) is 5.76 Å². The molecule has 1 aliphatic carbocycles. The highest BCUT2D eigenvalue weighted by Gasteiger charge is 2.28. The summed E-state index contributed by atoms with van der Waals surface area (Å²) in [6, 6.07) is 3.89. The first-order valence-electron chi connectivity index (χ1n) is 9.98. The van der Waals surface area contributed by atoms with Crippen LogP contribution in [0.5, 0.6) is 11.5 Å². The predicted octanol–water partition coefficient (Wildman–Crippen LogP) is 5.64.